The van der Waals surface area contributed by atoms with Crippen molar-refractivity contribution in [1.82, 2.24) is 4.31 Å². The predicted octanol–water partition coefficient (Wildman–Crippen LogP) is 3.20. The molecule has 0 bridgehead atoms. The van der Waals surface area contributed by atoms with E-state index in [9.17, 15) is 13.2 Å². The van der Waals surface area contributed by atoms with E-state index in [1.165, 1.54) is 4.31 Å². The number of rotatable bonds is 5. The SMILES string of the molecule is CC(C)[C@H]1C(=O)Nc2ccc(S(=O)(=O)N(C)Cc3ccccc3)cc21. The highest BCUT2D eigenvalue weighted by Gasteiger charge is 2.34. The lowest BCUT2D eigenvalue weighted by atomic mass is 9.90. The van der Waals surface area contributed by atoms with Crippen LogP contribution in [0.4, 0.5) is 5.69 Å². The van der Waals surface area contributed by atoms with Gasteiger partial charge in [-0.3, -0.25) is 4.79 Å². The van der Waals surface area contributed by atoms with Crippen LogP contribution in [0.15, 0.2) is 53.4 Å². The standard InChI is InChI=1S/C19H22N2O3S/c1-13(2)18-16-11-15(9-10-17(16)20-19(18)22)25(23,24)21(3)12-14-7-5-4-6-8-14/h4-11,13,18H,12H2,1-3H3,(H,20,22)/t18-/m1/s1. The van der Waals surface area contributed by atoms with Gasteiger partial charge in [-0.25, -0.2) is 8.42 Å². The fourth-order valence-corrected chi connectivity index (χ4v) is 4.39. The molecule has 0 saturated heterocycles. The van der Waals surface area contributed by atoms with Crippen LogP contribution in [-0.2, 0) is 21.4 Å². The monoisotopic (exact) mass is 358 g/mol. The first-order valence-corrected chi connectivity index (χ1v) is 9.70. The second-order valence-electron chi connectivity index (χ2n) is 6.71. The summed E-state index contributed by atoms with van der Waals surface area (Å²) in [5, 5.41) is 2.83. The normalized spacial score (nSPS) is 17.0. The van der Waals surface area contributed by atoms with E-state index in [4.69, 9.17) is 0 Å². The average Bonchev–Trinajstić information content (AvgIpc) is 2.90. The molecule has 1 atom stereocenters. The molecule has 1 N–H and O–H groups in total. The van der Waals surface area contributed by atoms with Crippen molar-refractivity contribution in [3.05, 3.63) is 59.7 Å². The Hall–Kier alpha value is -2.18. The summed E-state index contributed by atoms with van der Waals surface area (Å²) in [6.07, 6.45) is 0. The number of benzene rings is 2. The van der Waals surface area contributed by atoms with E-state index in [1.54, 1.807) is 25.2 Å². The summed E-state index contributed by atoms with van der Waals surface area (Å²) in [5.74, 6) is -0.289. The molecule has 3 rings (SSSR count). The third-order valence-electron chi connectivity index (χ3n) is 4.52. The van der Waals surface area contributed by atoms with Gasteiger partial charge in [-0.05, 0) is 35.2 Å². The average molecular weight is 358 g/mol. The number of amides is 1. The molecule has 0 aromatic heterocycles. The quantitative estimate of drug-likeness (QED) is 0.892. The van der Waals surface area contributed by atoms with Crippen molar-refractivity contribution in [2.45, 2.75) is 31.2 Å². The van der Waals surface area contributed by atoms with Crippen LogP contribution in [0.25, 0.3) is 0 Å². The molecule has 5 nitrogen and oxygen atoms in total. The second-order valence-corrected chi connectivity index (χ2v) is 8.75. The van der Waals surface area contributed by atoms with E-state index >= 15 is 0 Å². The Kier molecular flexibility index (Phi) is 4.67. The first kappa shape index (κ1) is 17.6. The van der Waals surface area contributed by atoms with E-state index in [0.717, 1.165) is 11.1 Å². The lowest BCUT2D eigenvalue weighted by Crippen LogP contribution is -2.26. The van der Waals surface area contributed by atoms with Crippen molar-refractivity contribution < 1.29 is 13.2 Å². The summed E-state index contributed by atoms with van der Waals surface area (Å²) >= 11 is 0. The maximum absolute atomic E-state index is 12.9. The third kappa shape index (κ3) is 3.32. The van der Waals surface area contributed by atoms with Crippen molar-refractivity contribution >= 4 is 21.6 Å². The molecule has 0 spiro atoms. The highest BCUT2D eigenvalue weighted by atomic mass is 32.2. The summed E-state index contributed by atoms with van der Waals surface area (Å²) in [6.45, 7) is 4.22. The number of fused-ring (bicyclic) bond motifs is 1. The Morgan fingerprint density at radius 2 is 1.80 bits per heavy atom. The van der Waals surface area contributed by atoms with Gasteiger partial charge < -0.3 is 5.32 Å². The van der Waals surface area contributed by atoms with Gasteiger partial charge in [0.1, 0.15) is 0 Å². The molecule has 1 amide bonds. The highest BCUT2D eigenvalue weighted by Crippen LogP contribution is 2.38. The minimum absolute atomic E-state index is 0.0720. The highest BCUT2D eigenvalue weighted by molar-refractivity contribution is 7.89. The van der Waals surface area contributed by atoms with Crippen LogP contribution in [-0.4, -0.2) is 25.7 Å². The number of hydrogen-bond acceptors (Lipinski definition) is 3. The van der Waals surface area contributed by atoms with Crippen LogP contribution >= 0.6 is 0 Å². The van der Waals surface area contributed by atoms with Crippen LogP contribution in [0.1, 0.15) is 30.9 Å². The molecule has 0 radical (unpaired) electrons. The molecule has 2 aromatic carbocycles. The molecule has 1 heterocycles. The molecule has 6 heteroatoms. The van der Waals surface area contributed by atoms with Crippen molar-refractivity contribution in [3.8, 4) is 0 Å². The van der Waals surface area contributed by atoms with E-state index in [0.29, 0.717) is 12.2 Å². The molecule has 2 aromatic rings. The minimum Gasteiger partial charge on any atom is -0.325 e. The Morgan fingerprint density at radius 1 is 1.12 bits per heavy atom. The Bertz CT molecular complexity index is 892. The molecule has 0 unspecified atom stereocenters. The molecular formula is C19H22N2O3S. The number of carbonyl (C=O) groups is 1. The summed E-state index contributed by atoms with van der Waals surface area (Å²) in [7, 11) is -2.06. The topological polar surface area (TPSA) is 66.5 Å². The van der Waals surface area contributed by atoms with Gasteiger partial charge in [-0.15, -0.1) is 0 Å². The van der Waals surface area contributed by atoms with Gasteiger partial charge in [-0.2, -0.15) is 4.31 Å². The Morgan fingerprint density at radius 3 is 2.44 bits per heavy atom. The molecule has 0 aliphatic carbocycles. The van der Waals surface area contributed by atoms with Gasteiger partial charge in [0.05, 0.1) is 10.8 Å². The van der Waals surface area contributed by atoms with E-state index in [1.807, 2.05) is 44.2 Å². The molecule has 0 fully saturated rings. The van der Waals surface area contributed by atoms with Crippen LogP contribution in [0.3, 0.4) is 0 Å². The number of hydrogen-bond donors (Lipinski definition) is 1. The Balaban J connectivity index is 1.92. The van der Waals surface area contributed by atoms with Gasteiger partial charge in [0.2, 0.25) is 15.9 Å². The van der Waals surface area contributed by atoms with Crippen LogP contribution in [0.5, 0.6) is 0 Å². The molecular weight excluding hydrogens is 336 g/mol. The summed E-state index contributed by atoms with van der Waals surface area (Å²) in [4.78, 5) is 12.4. The van der Waals surface area contributed by atoms with Gasteiger partial charge in [-0.1, -0.05) is 44.2 Å². The van der Waals surface area contributed by atoms with E-state index < -0.39 is 10.0 Å². The third-order valence-corrected chi connectivity index (χ3v) is 6.32. The minimum atomic E-state index is -3.63. The van der Waals surface area contributed by atoms with Gasteiger partial charge >= 0.3 is 0 Å². The largest absolute Gasteiger partial charge is 0.325 e. The van der Waals surface area contributed by atoms with Crippen LogP contribution in [0, 0.1) is 5.92 Å². The molecule has 1 aliphatic rings. The first-order valence-electron chi connectivity index (χ1n) is 8.26. The summed E-state index contributed by atoms with van der Waals surface area (Å²) in [6, 6.07) is 14.3. The first-order chi connectivity index (χ1) is 11.8. The number of sulfonamides is 1. The molecule has 0 saturated carbocycles. The van der Waals surface area contributed by atoms with Crippen molar-refractivity contribution in [1.29, 1.82) is 0 Å². The van der Waals surface area contributed by atoms with Crippen molar-refractivity contribution in [3.63, 3.8) is 0 Å². The molecule has 1 aliphatic heterocycles. The zero-order valence-corrected chi connectivity index (χ0v) is 15.4. The van der Waals surface area contributed by atoms with Crippen LogP contribution in [0.2, 0.25) is 0 Å². The van der Waals surface area contributed by atoms with Gasteiger partial charge in [0.25, 0.3) is 0 Å². The maximum Gasteiger partial charge on any atom is 0.243 e. The van der Waals surface area contributed by atoms with Crippen molar-refractivity contribution in [2.24, 2.45) is 5.92 Å². The maximum atomic E-state index is 12.9. The number of nitrogens with zero attached hydrogens (tertiary/aromatic N) is 1. The number of carbonyl (C=O) groups excluding carboxylic acids is 1. The number of anilines is 1. The summed E-state index contributed by atoms with van der Waals surface area (Å²) in [5.41, 5.74) is 2.38. The molecule has 25 heavy (non-hydrogen) atoms. The van der Waals surface area contributed by atoms with Crippen LogP contribution < -0.4 is 5.32 Å². The van der Waals surface area contributed by atoms with Gasteiger partial charge in [0.15, 0.2) is 0 Å². The Labute approximate surface area is 148 Å². The fourth-order valence-electron chi connectivity index (χ4n) is 3.19. The van der Waals surface area contributed by atoms with E-state index in [2.05, 4.69) is 5.32 Å². The van der Waals surface area contributed by atoms with Gasteiger partial charge in [0, 0.05) is 19.3 Å². The number of nitrogens with one attached hydrogen (secondary N) is 1. The predicted molar refractivity (Wildman–Crippen MR) is 97.7 cm³/mol. The zero-order valence-electron chi connectivity index (χ0n) is 14.6. The summed E-state index contributed by atoms with van der Waals surface area (Å²) < 4.78 is 27.2. The van der Waals surface area contributed by atoms with Crippen molar-refractivity contribution in [2.75, 3.05) is 12.4 Å². The van der Waals surface area contributed by atoms with E-state index in [-0.39, 0.29) is 22.6 Å². The smallest absolute Gasteiger partial charge is 0.243 e. The zero-order chi connectivity index (χ0) is 18.2. The fraction of sp³-hybridized carbons (Fsp3) is 0.316. The lowest BCUT2D eigenvalue weighted by molar-refractivity contribution is -0.117. The molecule has 132 valence electrons. The lowest BCUT2D eigenvalue weighted by Gasteiger charge is -2.19. The second kappa shape index (κ2) is 6.61.